The fraction of sp³-hybridized carbons (Fsp3) is 0.500. The lowest BCUT2D eigenvalue weighted by Gasteiger charge is -2.00. The number of aromatic nitrogens is 2. The van der Waals surface area contributed by atoms with Crippen LogP contribution in [0.25, 0.3) is 0 Å². The molecule has 0 bridgehead atoms. The van der Waals surface area contributed by atoms with Gasteiger partial charge in [-0.05, 0) is 0 Å². The molecular formula is C6H9BrN2O. The molecule has 1 aromatic rings. The number of alkyl halides is 1. The van der Waals surface area contributed by atoms with E-state index in [1.165, 1.54) is 0 Å². The quantitative estimate of drug-likeness (QED) is 0.726. The number of hydrogen-bond donors (Lipinski definition) is 1. The Morgan fingerprint density at radius 1 is 1.90 bits per heavy atom. The second kappa shape index (κ2) is 3.16. The Labute approximate surface area is 67.8 Å². The molecule has 3 nitrogen and oxygen atoms in total. The largest absolute Gasteiger partial charge is 0.387 e. The van der Waals surface area contributed by atoms with Crippen LogP contribution in [-0.4, -0.2) is 20.2 Å². The zero-order valence-electron chi connectivity index (χ0n) is 5.66. The predicted molar refractivity (Wildman–Crippen MR) is 42.0 cm³/mol. The summed E-state index contributed by atoms with van der Waals surface area (Å²) < 4.78 is 1.67. The van der Waals surface area contributed by atoms with Crippen LogP contribution in [-0.2, 0) is 7.05 Å². The Morgan fingerprint density at radius 2 is 2.60 bits per heavy atom. The Balaban J connectivity index is 2.74. The average molecular weight is 205 g/mol. The fourth-order valence-electron chi connectivity index (χ4n) is 0.701. The van der Waals surface area contributed by atoms with Gasteiger partial charge in [0.05, 0.1) is 12.3 Å². The van der Waals surface area contributed by atoms with Gasteiger partial charge in [-0.3, -0.25) is 4.68 Å². The van der Waals surface area contributed by atoms with Gasteiger partial charge in [-0.2, -0.15) is 5.10 Å². The highest BCUT2D eigenvalue weighted by molar-refractivity contribution is 9.09. The molecule has 1 heterocycles. The first-order valence-electron chi connectivity index (χ1n) is 2.96. The normalized spacial score (nSPS) is 13.5. The highest BCUT2D eigenvalue weighted by Crippen LogP contribution is 2.12. The number of halogens is 1. The number of hydrogen-bond acceptors (Lipinski definition) is 2. The van der Waals surface area contributed by atoms with E-state index in [4.69, 9.17) is 0 Å². The standard InChI is InChI=1S/C6H9BrN2O/c1-9-4-5(3-8-9)6(10)2-7/h3-4,6,10H,2H2,1H3/t6-/m1/s1. The SMILES string of the molecule is Cn1cc([C@H](O)CBr)cn1. The summed E-state index contributed by atoms with van der Waals surface area (Å²) in [6.07, 6.45) is 3.02. The summed E-state index contributed by atoms with van der Waals surface area (Å²) in [5.74, 6) is 0. The van der Waals surface area contributed by atoms with Gasteiger partial charge < -0.3 is 5.11 Å². The van der Waals surface area contributed by atoms with Crippen LogP contribution in [0.15, 0.2) is 12.4 Å². The van der Waals surface area contributed by atoms with Crippen molar-refractivity contribution in [1.82, 2.24) is 9.78 Å². The van der Waals surface area contributed by atoms with Crippen LogP contribution >= 0.6 is 15.9 Å². The summed E-state index contributed by atoms with van der Waals surface area (Å²) >= 11 is 3.17. The monoisotopic (exact) mass is 204 g/mol. The minimum atomic E-state index is -0.436. The zero-order chi connectivity index (χ0) is 7.56. The molecule has 1 atom stereocenters. The van der Waals surface area contributed by atoms with Gasteiger partial charge in [0.15, 0.2) is 0 Å². The van der Waals surface area contributed by atoms with Crippen molar-refractivity contribution in [2.24, 2.45) is 7.05 Å². The van der Waals surface area contributed by atoms with E-state index in [0.29, 0.717) is 5.33 Å². The van der Waals surface area contributed by atoms with Crippen molar-refractivity contribution in [3.63, 3.8) is 0 Å². The molecule has 0 unspecified atom stereocenters. The second-order valence-electron chi connectivity index (χ2n) is 2.12. The van der Waals surface area contributed by atoms with Gasteiger partial charge in [0, 0.05) is 24.1 Å². The molecule has 1 N–H and O–H groups in total. The summed E-state index contributed by atoms with van der Waals surface area (Å²) in [7, 11) is 1.82. The van der Waals surface area contributed by atoms with Gasteiger partial charge in [-0.15, -0.1) is 0 Å². The highest BCUT2D eigenvalue weighted by Gasteiger charge is 2.05. The Hall–Kier alpha value is -0.350. The number of aliphatic hydroxyl groups excluding tert-OH is 1. The molecule has 10 heavy (non-hydrogen) atoms. The maximum absolute atomic E-state index is 9.24. The lowest BCUT2D eigenvalue weighted by atomic mass is 10.2. The van der Waals surface area contributed by atoms with Crippen molar-refractivity contribution < 1.29 is 5.11 Å². The van der Waals surface area contributed by atoms with Crippen molar-refractivity contribution in [1.29, 1.82) is 0 Å². The summed E-state index contributed by atoms with van der Waals surface area (Å²) in [4.78, 5) is 0. The minimum Gasteiger partial charge on any atom is -0.387 e. The Morgan fingerprint density at radius 3 is 3.00 bits per heavy atom. The fourth-order valence-corrected chi connectivity index (χ4v) is 1.08. The van der Waals surface area contributed by atoms with Gasteiger partial charge >= 0.3 is 0 Å². The number of rotatable bonds is 2. The summed E-state index contributed by atoms with van der Waals surface area (Å²) in [6.45, 7) is 0. The number of nitrogens with zero attached hydrogens (tertiary/aromatic N) is 2. The van der Waals surface area contributed by atoms with Crippen LogP contribution in [0.5, 0.6) is 0 Å². The average Bonchev–Trinajstić information content (AvgIpc) is 2.34. The van der Waals surface area contributed by atoms with E-state index < -0.39 is 6.10 Å². The molecule has 0 spiro atoms. The van der Waals surface area contributed by atoms with Crippen LogP contribution in [0.2, 0.25) is 0 Å². The van der Waals surface area contributed by atoms with E-state index in [1.54, 1.807) is 17.1 Å². The molecule has 1 rings (SSSR count). The van der Waals surface area contributed by atoms with E-state index >= 15 is 0 Å². The zero-order valence-corrected chi connectivity index (χ0v) is 7.24. The van der Waals surface area contributed by atoms with Crippen LogP contribution in [0.1, 0.15) is 11.7 Å². The molecule has 0 aliphatic heterocycles. The van der Waals surface area contributed by atoms with Crippen molar-refractivity contribution >= 4 is 15.9 Å². The first-order chi connectivity index (χ1) is 4.74. The molecule has 1 aromatic heterocycles. The van der Waals surface area contributed by atoms with Crippen molar-refractivity contribution in [3.05, 3.63) is 18.0 Å². The second-order valence-corrected chi connectivity index (χ2v) is 2.76. The van der Waals surface area contributed by atoms with E-state index in [0.717, 1.165) is 5.56 Å². The maximum atomic E-state index is 9.24. The van der Waals surface area contributed by atoms with Gasteiger partial charge in [0.1, 0.15) is 0 Å². The molecule has 0 saturated carbocycles. The van der Waals surface area contributed by atoms with Crippen molar-refractivity contribution in [3.8, 4) is 0 Å². The van der Waals surface area contributed by atoms with E-state index in [1.807, 2.05) is 7.05 Å². The molecule has 0 radical (unpaired) electrons. The summed E-state index contributed by atoms with van der Waals surface area (Å²) in [5, 5.41) is 13.7. The third kappa shape index (κ3) is 1.58. The van der Waals surface area contributed by atoms with Gasteiger partial charge in [0.2, 0.25) is 0 Å². The molecule has 0 aliphatic rings. The van der Waals surface area contributed by atoms with Gasteiger partial charge in [-0.25, -0.2) is 0 Å². The topological polar surface area (TPSA) is 38.0 Å². The van der Waals surface area contributed by atoms with E-state index in [-0.39, 0.29) is 0 Å². The number of aliphatic hydroxyl groups is 1. The smallest absolute Gasteiger partial charge is 0.0917 e. The van der Waals surface area contributed by atoms with Crippen LogP contribution in [0, 0.1) is 0 Å². The molecular weight excluding hydrogens is 196 g/mol. The van der Waals surface area contributed by atoms with E-state index in [2.05, 4.69) is 21.0 Å². The maximum Gasteiger partial charge on any atom is 0.0917 e. The third-order valence-corrected chi connectivity index (χ3v) is 1.87. The van der Waals surface area contributed by atoms with E-state index in [9.17, 15) is 5.11 Å². The van der Waals surface area contributed by atoms with Crippen LogP contribution in [0.3, 0.4) is 0 Å². The Bertz CT molecular complexity index is 211. The van der Waals surface area contributed by atoms with Crippen LogP contribution in [0.4, 0.5) is 0 Å². The number of aryl methyl sites for hydroxylation is 1. The first kappa shape index (κ1) is 7.75. The Kier molecular flexibility index (Phi) is 2.45. The lowest BCUT2D eigenvalue weighted by Crippen LogP contribution is -1.95. The molecule has 0 aromatic carbocycles. The van der Waals surface area contributed by atoms with Gasteiger partial charge in [-0.1, -0.05) is 15.9 Å². The third-order valence-electron chi connectivity index (χ3n) is 1.26. The van der Waals surface area contributed by atoms with Crippen molar-refractivity contribution in [2.45, 2.75) is 6.10 Å². The molecule has 0 fully saturated rings. The molecule has 56 valence electrons. The van der Waals surface area contributed by atoms with Gasteiger partial charge in [0.25, 0.3) is 0 Å². The predicted octanol–water partition coefficient (Wildman–Crippen LogP) is 0.848. The van der Waals surface area contributed by atoms with Crippen LogP contribution < -0.4 is 0 Å². The highest BCUT2D eigenvalue weighted by atomic mass is 79.9. The summed E-state index contributed by atoms with van der Waals surface area (Å²) in [5.41, 5.74) is 0.847. The summed E-state index contributed by atoms with van der Waals surface area (Å²) in [6, 6.07) is 0. The van der Waals surface area contributed by atoms with Crippen molar-refractivity contribution in [2.75, 3.05) is 5.33 Å². The lowest BCUT2D eigenvalue weighted by molar-refractivity contribution is 0.205. The molecule has 0 saturated heterocycles. The molecule has 4 heteroatoms. The molecule has 0 aliphatic carbocycles. The molecule has 0 amide bonds. The first-order valence-corrected chi connectivity index (χ1v) is 4.08. The minimum absolute atomic E-state index is 0.436.